The molecule has 3 rings (SSSR count). The van der Waals surface area contributed by atoms with E-state index in [1.54, 1.807) is 31.2 Å². The molecule has 9 heteroatoms. The minimum absolute atomic E-state index is 0.0454. The van der Waals surface area contributed by atoms with Crippen LogP contribution in [0.4, 0.5) is 5.69 Å². The molecule has 0 aliphatic heterocycles. The van der Waals surface area contributed by atoms with Crippen LogP contribution in [0.2, 0.25) is 5.02 Å². The van der Waals surface area contributed by atoms with Crippen molar-refractivity contribution in [2.75, 3.05) is 18.0 Å². The van der Waals surface area contributed by atoms with Crippen LogP contribution in [-0.4, -0.2) is 33.7 Å². The molecular formula is C24H24ClN3O4S. The molecule has 0 aromatic heterocycles. The van der Waals surface area contributed by atoms with Gasteiger partial charge in [0.05, 0.1) is 28.4 Å². The molecule has 0 unspecified atom stereocenters. The Morgan fingerprint density at radius 1 is 1.06 bits per heavy atom. The van der Waals surface area contributed by atoms with E-state index < -0.39 is 22.5 Å². The van der Waals surface area contributed by atoms with Crippen molar-refractivity contribution in [3.8, 4) is 5.75 Å². The maximum Gasteiger partial charge on any atom is 0.264 e. The number of amides is 1. The highest BCUT2D eigenvalue weighted by Crippen LogP contribution is 2.31. The largest absolute Gasteiger partial charge is 0.495 e. The standard InChI is InChI=1S/C24H24ClN3O4S/c1-17-9-11-19(12-10-17)18(2)26-27-24(29)16-28(20-13-14-23(32-3)22(25)15-20)33(30,31)21-7-5-4-6-8-21/h4-15H,16H2,1-3H3,(H,27,29)/b26-18-. The maximum absolute atomic E-state index is 13.4. The van der Waals surface area contributed by atoms with E-state index in [2.05, 4.69) is 10.5 Å². The molecular weight excluding hydrogens is 462 g/mol. The first-order valence-corrected chi connectivity index (χ1v) is 11.9. The van der Waals surface area contributed by atoms with Crippen molar-refractivity contribution in [3.05, 3.63) is 88.9 Å². The van der Waals surface area contributed by atoms with Crippen LogP contribution in [0, 0.1) is 6.92 Å². The summed E-state index contributed by atoms with van der Waals surface area (Å²) in [4.78, 5) is 12.8. The number of anilines is 1. The zero-order chi connectivity index (χ0) is 24.0. The Kier molecular flexibility index (Phi) is 7.73. The molecule has 0 saturated carbocycles. The average molecular weight is 486 g/mol. The van der Waals surface area contributed by atoms with E-state index >= 15 is 0 Å². The second-order valence-corrected chi connectivity index (χ2v) is 9.51. The Balaban J connectivity index is 1.89. The number of hydrazone groups is 1. The van der Waals surface area contributed by atoms with Gasteiger partial charge in [-0.25, -0.2) is 13.8 Å². The fourth-order valence-electron chi connectivity index (χ4n) is 3.02. The second kappa shape index (κ2) is 10.5. The normalized spacial score (nSPS) is 11.7. The Hall–Kier alpha value is -3.36. The van der Waals surface area contributed by atoms with E-state index in [-0.39, 0.29) is 15.6 Å². The first-order valence-electron chi connectivity index (χ1n) is 10.0. The molecule has 0 saturated heterocycles. The van der Waals surface area contributed by atoms with Gasteiger partial charge in [-0.1, -0.05) is 59.6 Å². The highest BCUT2D eigenvalue weighted by molar-refractivity contribution is 7.92. The number of carbonyl (C=O) groups is 1. The van der Waals surface area contributed by atoms with Gasteiger partial charge in [0.1, 0.15) is 12.3 Å². The minimum atomic E-state index is -4.06. The number of nitrogens with one attached hydrogen (secondary N) is 1. The van der Waals surface area contributed by atoms with Crippen molar-refractivity contribution in [1.29, 1.82) is 0 Å². The maximum atomic E-state index is 13.4. The molecule has 0 heterocycles. The van der Waals surface area contributed by atoms with Gasteiger partial charge >= 0.3 is 0 Å². The molecule has 0 aliphatic rings. The van der Waals surface area contributed by atoms with Crippen LogP contribution < -0.4 is 14.5 Å². The summed E-state index contributed by atoms with van der Waals surface area (Å²) in [5, 5.41) is 4.34. The van der Waals surface area contributed by atoms with Crippen LogP contribution >= 0.6 is 11.6 Å². The average Bonchev–Trinajstić information content (AvgIpc) is 2.82. The van der Waals surface area contributed by atoms with Gasteiger partial charge in [0.15, 0.2) is 0 Å². The summed E-state index contributed by atoms with van der Waals surface area (Å²) in [5.74, 6) is -0.215. The molecule has 3 aromatic carbocycles. The number of hydrogen-bond acceptors (Lipinski definition) is 5. The van der Waals surface area contributed by atoms with Crippen molar-refractivity contribution >= 4 is 38.9 Å². The smallest absolute Gasteiger partial charge is 0.264 e. The van der Waals surface area contributed by atoms with E-state index in [1.807, 2.05) is 31.2 Å². The Bertz CT molecular complexity index is 1260. The van der Waals surface area contributed by atoms with Crippen molar-refractivity contribution in [3.63, 3.8) is 0 Å². The van der Waals surface area contributed by atoms with E-state index in [9.17, 15) is 13.2 Å². The predicted molar refractivity (Wildman–Crippen MR) is 131 cm³/mol. The van der Waals surface area contributed by atoms with Gasteiger partial charge < -0.3 is 4.74 Å². The summed E-state index contributed by atoms with van der Waals surface area (Å²) in [5.41, 5.74) is 5.21. The first-order chi connectivity index (χ1) is 15.7. The number of halogens is 1. The van der Waals surface area contributed by atoms with Crippen molar-refractivity contribution in [1.82, 2.24) is 5.43 Å². The molecule has 0 aliphatic carbocycles. The number of ether oxygens (including phenoxy) is 1. The number of nitrogens with zero attached hydrogens (tertiary/aromatic N) is 2. The predicted octanol–water partition coefficient (Wildman–Crippen LogP) is 4.39. The second-order valence-electron chi connectivity index (χ2n) is 7.24. The summed E-state index contributed by atoms with van der Waals surface area (Å²) in [6.45, 7) is 3.24. The molecule has 1 N–H and O–H groups in total. The lowest BCUT2D eigenvalue weighted by atomic mass is 10.1. The number of rotatable bonds is 8. The van der Waals surface area contributed by atoms with Crippen LogP contribution in [0.1, 0.15) is 18.1 Å². The molecule has 0 spiro atoms. The third-order valence-corrected chi connectivity index (χ3v) is 6.94. The number of hydrogen-bond donors (Lipinski definition) is 1. The minimum Gasteiger partial charge on any atom is -0.495 e. The van der Waals surface area contributed by atoms with Gasteiger partial charge in [0.2, 0.25) is 0 Å². The topological polar surface area (TPSA) is 88.1 Å². The summed E-state index contributed by atoms with van der Waals surface area (Å²) < 4.78 is 32.9. The number of methoxy groups -OCH3 is 1. The molecule has 7 nitrogen and oxygen atoms in total. The summed E-state index contributed by atoms with van der Waals surface area (Å²) in [7, 11) is -2.60. The number of carbonyl (C=O) groups excluding carboxylic acids is 1. The molecule has 0 bridgehead atoms. The quantitative estimate of drug-likeness (QED) is 0.378. The third-order valence-electron chi connectivity index (χ3n) is 4.86. The van der Waals surface area contributed by atoms with Crippen LogP contribution in [0.5, 0.6) is 5.75 Å². The highest BCUT2D eigenvalue weighted by atomic mass is 35.5. The molecule has 0 fully saturated rings. The molecule has 0 radical (unpaired) electrons. The van der Waals surface area contributed by atoms with Gasteiger partial charge in [0, 0.05) is 0 Å². The van der Waals surface area contributed by atoms with Gasteiger partial charge in [-0.05, 0) is 49.7 Å². The summed E-state index contributed by atoms with van der Waals surface area (Å²) >= 11 is 6.22. The molecule has 33 heavy (non-hydrogen) atoms. The molecule has 0 atom stereocenters. The van der Waals surface area contributed by atoms with Crippen LogP contribution in [-0.2, 0) is 14.8 Å². The summed E-state index contributed by atoms with van der Waals surface area (Å²) in [6.07, 6.45) is 0. The van der Waals surface area contributed by atoms with E-state index in [0.29, 0.717) is 11.5 Å². The van der Waals surface area contributed by atoms with Crippen LogP contribution in [0.15, 0.2) is 82.8 Å². The fourth-order valence-corrected chi connectivity index (χ4v) is 4.70. The SMILES string of the molecule is COc1ccc(N(CC(=O)N/N=C(/C)c2ccc(C)cc2)S(=O)(=O)c2ccccc2)cc1Cl. The van der Waals surface area contributed by atoms with E-state index in [0.717, 1.165) is 15.4 Å². The Morgan fingerprint density at radius 2 is 1.73 bits per heavy atom. The van der Waals surface area contributed by atoms with Crippen molar-refractivity contribution in [2.45, 2.75) is 18.7 Å². The third kappa shape index (κ3) is 5.91. The van der Waals surface area contributed by atoms with Crippen molar-refractivity contribution < 1.29 is 17.9 Å². The highest BCUT2D eigenvalue weighted by Gasteiger charge is 2.27. The lowest BCUT2D eigenvalue weighted by molar-refractivity contribution is -0.119. The van der Waals surface area contributed by atoms with Gasteiger partial charge in [0.25, 0.3) is 15.9 Å². The van der Waals surface area contributed by atoms with Crippen LogP contribution in [0.3, 0.4) is 0 Å². The van der Waals surface area contributed by atoms with Gasteiger partial charge in [-0.3, -0.25) is 9.10 Å². The fraction of sp³-hybridized carbons (Fsp3) is 0.167. The van der Waals surface area contributed by atoms with Crippen LogP contribution in [0.25, 0.3) is 0 Å². The van der Waals surface area contributed by atoms with Gasteiger partial charge in [-0.15, -0.1) is 0 Å². The number of aryl methyl sites for hydroxylation is 1. The van der Waals surface area contributed by atoms with Gasteiger partial charge in [-0.2, -0.15) is 5.10 Å². The number of benzene rings is 3. The first kappa shape index (κ1) is 24.3. The monoisotopic (exact) mass is 485 g/mol. The lowest BCUT2D eigenvalue weighted by Gasteiger charge is -2.24. The summed E-state index contributed by atoms with van der Waals surface area (Å²) in [6, 6.07) is 20.0. The molecule has 172 valence electrons. The lowest BCUT2D eigenvalue weighted by Crippen LogP contribution is -2.39. The Labute approximate surface area is 198 Å². The Morgan fingerprint density at radius 3 is 2.33 bits per heavy atom. The zero-order valence-electron chi connectivity index (χ0n) is 18.4. The molecule has 3 aromatic rings. The number of sulfonamides is 1. The van der Waals surface area contributed by atoms with E-state index in [4.69, 9.17) is 16.3 Å². The van der Waals surface area contributed by atoms with Crippen molar-refractivity contribution in [2.24, 2.45) is 5.10 Å². The molecule has 1 amide bonds. The zero-order valence-corrected chi connectivity index (χ0v) is 20.0. The van der Waals surface area contributed by atoms with E-state index in [1.165, 1.54) is 31.4 Å².